The van der Waals surface area contributed by atoms with Crippen LogP contribution >= 0.6 is 12.6 Å². The molecular weight excluding hydrogens is 172 g/mol. The number of ether oxygens (including phenoxy) is 2. The van der Waals surface area contributed by atoms with Crippen molar-refractivity contribution in [3.63, 3.8) is 0 Å². The summed E-state index contributed by atoms with van der Waals surface area (Å²) in [4.78, 5) is 0. The first-order valence-electron chi connectivity index (χ1n) is 4.13. The first-order chi connectivity index (χ1) is 5.66. The zero-order valence-corrected chi connectivity index (χ0v) is 8.77. The lowest BCUT2D eigenvalue weighted by molar-refractivity contribution is 0.0255. The van der Waals surface area contributed by atoms with Crippen molar-refractivity contribution in [2.45, 2.75) is 20.0 Å². The molecule has 0 aromatic heterocycles. The molecule has 0 aromatic carbocycles. The number of hydrogen-bond donors (Lipinski definition) is 1. The second-order valence-electron chi connectivity index (χ2n) is 2.88. The maximum atomic E-state index is 5.28. The Balaban J connectivity index is 3.05. The second-order valence-corrected chi connectivity index (χ2v) is 3.20. The van der Waals surface area contributed by atoms with Crippen LogP contribution in [0.4, 0.5) is 0 Å². The molecule has 0 saturated carbocycles. The van der Waals surface area contributed by atoms with Gasteiger partial charge in [0.15, 0.2) is 0 Å². The van der Waals surface area contributed by atoms with E-state index in [2.05, 4.69) is 19.2 Å². The van der Waals surface area contributed by atoms with Crippen LogP contribution in [0.3, 0.4) is 0 Å². The van der Waals surface area contributed by atoms with E-state index in [0.717, 1.165) is 5.57 Å². The molecule has 0 amide bonds. The van der Waals surface area contributed by atoms with Crippen LogP contribution in [-0.4, -0.2) is 31.7 Å². The van der Waals surface area contributed by atoms with E-state index < -0.39 is 0 Å². The van der Waals surface area contributed by atoms with Crippen molar-refractivity contribution < 1.29 is 9.47 Å². The molecule has 0 aromatic rings. The lowest BCUT2D eigenvalue weighted by Crippen LogP contribution is -2.10. The third-order valence-electron chi connectivity index (χ3n) is 1.21. The zero-order valence-electron chi connectivity index (χ0n) is 7.88. The first-order valence-corrected chi connectivity index (χ1v) is 4.77. The highest BCUT2D eigenvalue weighted by molar-refractivity contribution is 7.80. The van der Waals surface area contributed by atoms with Gasteiger partial charge in [-0.2, -0.15) is 12.6 Å². The van der Waals surface area contributed by atoms with Crippen molar-refractivity contribution in [2.75, 3.05) is 25.6 Å². The number of rotatable bonds is 7. The molecule has 0 spiro atoms. The fourth-order valence-corrected chi connectivity index (χ4v) is 0.696. The Morgan fingerprint density at radius 3 is 2.58 bits per heavy atom. The van der Waals surface area contributed by atoms with Crippen LogP contribution in [0.25, 0.3) is 0 Å². The van der Waals surface area contributed by atoms with E-state index in [1.807, 2.05) is 13.8 Å². The molecule has 3 heteroatoms. The summed E-state index contributed by atoms with van der Waals surface area (Å²) in [5.41, 5.74) is 1.00. The van der Waals surface area contributed by atoms with Crippen molar-refractivity contribution in [2.24, 2.45) is 0 Å². The Hall–Kier alpha value is 0.01000. The smallest absolute Gasteiger partial charge is 0.0705 e. The molecule has 0 aliphatic heterocycles. The third-order valence-corrected chi connectivity index (χ3v) is 1.66. The normalized spacial score (nSPS) is 10.7. The Labute approximate surface area is 80.4 Å². The van der Waals surface area contributed by atoms with Crippen LogP contribution in [-0.2, 0) is 9.47 Å². The molecule has 0 heterocycles. The largest absolute Gasteiger partial charge is 0.376 e. The molecule has 0 saturated heterocycles. The molecule has 0 aliphatic rings. The first kappa shape index (κ1) is 12.0. The van der Waals surface area contributed by atoms with Crippen molar-refractivity contribution >= 4 is 12.6 Å². The Bertz CT molecular complexity index is 124. The number of hydrogen-bond acceptors (Lipinski definition) is 3. The van der Waals surface area contributed by atoms with Gasteiger partial charge < -0.3 is 9.47 Å². The van der Waals surface area contributed by atoms with E-state index >= 15 is 0 Å². The minimum atomic E-state index is 0.279. The SMILES string of the molecule is C=C(CS)COCCOC(C)C. The van der Waals surface area contributed by atoms with Gasteiger partial charge in [-0.1, -0.05) is 6.58 Å². The molecule has 0 radical (unpaired) electrons. The lowest BCUT2D eigenvalue weighted by Gasteiger charge is -2.08. The molecule has 0 unspecified atom stereocenters. The summed E-state index contributed by atoms with van der Waals surface area (Å²) in [7, 11) is 0. The molecule has 72 valence electrons. The van der Waals surface area contributed by atoms with E-state index in [-0.39, 0.29) is 6.10 Å². The van der Waals surface area contributed by atoms with Gasteiger partial charge in [-0.25, -0.2) is 0 Å². The summed E-state index contributed by atoms with van der Waals surface area (Å²) >= 11 is 4.06. The van der Waals surface area contributed by atoms with Crippen LogP contribution in [0, 0.1) is 0 Å². The fourth-order valence-electron chi connectivity index (χ4n) is 0.605. The third kappa shape index (κ3) is 8.11. The zero-order chi connectivity index (χ0) is 9.40. The Morgan fingerprint density at radius 2 is 2.08 bits per heavy atom. The highest BCUT2D eigenvalue weighted by Crippen LogP contribution is 1.94. The van der Waals surface area contributed by atoms with Gasteiger partial charge in [-0.3, -0.25) is 0 Å². The maximum absolute atomic E-state index is 5.28. The second kappa shape index (κ2) is 7.65. The van der Waals surface area contributed by atoms with E-state index in [4.69, 9.17) is 9.47 Å². The Morgan fingerprint density at radius 1 is 1.42 bits per heavy atom. The quantitative estimate of drug-likeness (QED) is 0.375. The van der Waals surface area contributed by atoms with Gasteiger partial charge >= 0.3 is 0 Å². The average Bonchev–Trinajstić information content (AvgIpc) is 2.03. The molecule has 0 bridgehead atoms. The predicted octanol–water partition coefficient (Wildman–Crippen LogP) is 1.91. The summed E-state index contributed by atoms with van der Waals surface area (Å²) in [6.45, 7) is 9.65. The van der Waals surface area contributed by atoms with Gasteiger partial charge in [0.25, 0.3) is 0 Å². The molecule has 0 N–H and O–H groups in total. The summed E-state index contributed by atoms with van der Waals surface area (Å²) < 4.78 is 10.5. The summed E-state index contributed by atoms with van der Waals surface area (Å²) in [6, 6.07) is 0. The maximum Gasteiger partial charge on any atom is 0.0705 e. The van der Waals surface area contributed by atoms with E-state index in [0.29, 0.717) is 25.6 Å². The highest BCUT2D eigenvalue weighted by atomic mass is 32.1. The topological polar surface area (TPSA) is 18.5 Å². The summed E-state index contributed by atoms with van der Waals surface area (Å²) in [5.74, 6) is 0.686. The summed E-state index contributed by atoms with van der Waals surface area (Å²) in [6.07, 6.45) is 0.279. The molecule has 12 heavy (non-hydrogen) atoms. The fraction of sp³-hybridized carbons (Fsp3) is 0.778. The standard InChI is InChI=1S/C9H18O2S/c1-8(2)11-5-4-10-6-9(3)7-12/h8,12H,3-7H2,1-2H3. The average molecular weight is 190 g/mol. The van der Waals surface area contributed by atoms with E-state index in [1.54, 1.807) is 0 Å². The molecule has 2 nitrogen and oxygen atoms in total. The van der Waals surface area contributed by atoms with Gasteiger partial charge in [0.1, 0.15) is 0 Å². The van der Waals surface area contributed by atoms with Crippen LogP contribution in [0.1, 0.15) is 13.8 Å². The van der Waals surface area contributed by atoms with E-state index in [9.17, 15) is 0 Å². The van der Waals surface area contributed by atoms with Gasteiger partial charge in [0.05, 0.1) is 25.9 Å². The van der Waals surface area contributed by atoms with Gasteiger partial charge in [0.2, 0.25) is 0 Å². The van der Waals surface area contributed by atoms with Crippen molar-refractivity contribution in [1.82, 2.24) is 0 Å². The lowest BCUT2D eigenvalue weighted by atomic mass is 10.4. The van der Waals surface area contributed by atoms with Crippen molar-refractivity contribution in [1.29, 1.82) is 0 Å². The molecule has 0 fully saturated rings. The summed E-state index contributed by atoms with van der Waals surface area (Å²) in [5, 5.41) is 0. The van der Waals surface area contributed by atoms with Crippen molar-refractivity contribution in [3.05, 3.63) is 12.2 Å². The monoisotopic (exact) mass is 190 g/mol. The van der Waals surface area contributed by atoms with Crippen molar-refractivity contribution in [3.8, 4) is 0 Å². The minimum Gasteiger partial charge on any atom is -0.376 e. The van der Waals surface area contributed by atoms with Gasteiger partial charge in [-0.15, -0.1) is 0 Å². The van der Waals surface area contributed by atoms with Crippen LogP contribution < -0.4 is 0 Å². The van der Waals surface area contributed by atoms with Gasteiger partial charge in [-0.05, 0) is 19.4 Å². The number of thiol groups is 1. The molecule has 0 aliphatic carbocycles. The highest BCUT2D eigenvalue weighted by Gasteiger charge is 1.94. The predicted molar refractivity (Wildman–Crippen MR) is 54.9 cm³/mol. The molecule has 0 rings (SSSR count). The molecule has 0 atom stereocenters. The van der Waals surface area contributed by atoms with E-state index in [1.165, 1.54) is 0 Å². The van der Waals surface area contributed by atoms with Crippen LogP contribution in [0.2, 0.25) is 0 Å². The minimum absolute atomic E-state index is 0.279. The van der Waals surface area contributed by atoms with Crippen LogP contribution in [0.5, 0.6) is 0 Å². The molecular formula is C9H18O2S. The Kier molecular flexibility index (Phi) is 7.65. The van der Waals surface area contributed by atoms with Crippen LogP contribution in [0.15, 0.2) is 12.2 Å². The van der Waals surface area contributed by atoms with Gasteiger partial charge in [0, 0.05) is 5.75 Å².